The molecular weight excluding hydrogens is 306 g/mol. The maximum Gasteiger partial charge on any atom is 0.252 e. The molecule has 0 unspecified atom stereocenters. The van der Waals surface area contributed by atoms with Crippen molar-refractivity contribution < 1.29 is 4.79 Å². The van der Waals surface area contributed by atoms with Gasteiger partial charge >= 0.3 is 0 Å². The van der Waals surface area contributed by atoms with Crippen molar-refractivity contribution in [2.75, 3.05) is 13.1 Å². The third kappa shape index (κ3) is 3.48. The summed E-state index contributed by atoms with van der Waals surface area (Å²) >= 11 is 0. The first-order valence-corrected chi connectivity index (χ1v) is 7.83. The second-order valence-corrected chi connectivity index (χ2v) is 5.29. The molecule has 0 fully saturated rings. The lowest BCUT2D eigenvalue weighted by atomic mass is 10.1. The third-order valence-corrected chi connectivity index (χ3v) is 3.83. The van der Waals surface area contributed by atoms with Crippen LogP contribution in [0.1, 0.15) is 18.5 Å². The summed E-state index contributed by atoms with van der Waals surface area (Å²) in [4.78, 5) is 14.9. The van der Waals surface area contributed by atoms with Crippen LogP contribution in [-0.2, 0) is 11.3 Å². The Bertz CT molecular complexity index is 740. The van der Waals surface area contributed by atoms with Gasteiger partial charge in [-0.2, -0.15) is 5.10 Å². The summed E-state index contributed by atoms with van der Waals surface area (Å²) in [6, 6.07) is 10.8. The van der Waals surface area contributed by atoms with Crippen molar-refractivity contribution >= 4 is 5.91 Å². The molecule has 3 rings (SSSR count). The molecule has 1 aromatic carbocycles. The van der Waals surface area contributed by atoms with Crippen LogP contribution in [-0.4, -0.2) is 53.9 Å². The highest BCUT2D eigenvalue weighted by molar-refractivity contribution is 5.83. The van der Waals surface area contributed by atoms with Crippen LogP contribution in [0.3, 0.4) is 0 Å². The smallest absolute Gasteiger partial charge is 0.252 e. The van der Waals surface area contributed by atoms with E-state index in [1.165, 1.54) is 11.0 Å². The van der Waals surface area contributed by atoms with E-state index in [4.69, 9.17) is 0 Å². The lowest BCUT2D eigenvalue weighted by molar-refractivity contribution is -0.133. The molecule has 0 saturated carbocycles. The van der Waals surface area contributed by atoms with Crippen LogP contribution in [0.4, 0.5) is 0 Å². The number of carbonyl (C=O) groups is 1. The van der Waals surface area contributed by atoms with Gasteiger partial charge in [0.2, 0.25) is 0 Å². The van der Waals surface area contributed by atoms with Gasteiger partial charge in [0.25, 0.3) is 5.91 Å². The molecular formula is C16H19N7O. The Hall–Kier alpha value is -3.03. The summed E-state index contributed by atoms with van der Waals surface area (Å²) in [5, 5.41) is 15.4. The first-order chi connectivity index (χ1) is 11.8. The standard InChI is InChI=1S/C16H19N7O/c1-2-21(11-12-22-10-6-9-18-22)16(24)15(23-13-17-19-20-23)14-7-4-3-5-8-14/h3-10,13,15H,2,11-12H2,1H3/t15-/m0/s1. The number of nitrogens with zero attached hydrogens (tertiary/aromatic N) is 7. The number of aromatic nitrogens is 6. The van der Waals surface area contributed by atoms with E-state index in [2.05, 4.69) is 20.6 Å². The number of amides is 1. The summed E-state index contributed by atoms with van der Waals surface area (Å²) < 4.78 is 3.30. The van der Waals surface area contributed by atoms with Gasteiger partial charge in [0, 0.05) is 25.5 Å². The van der Waals surface area contributed by atoms with Crippen molar-refractivity contribution in [3.05, 3.63) is 60.7 Å². The molecule has 0 aliphatic heterocycles. The van der Waals surface area contributed by atoms with Gasteiger partial charge in [-0.05, 0) is 29.0 Å². The molecule has 0 aliphatic rings. The molecule has 0 bridgehead atoms. The fraction of sp³-hybridized carbons (Fsp3) is 0.312. The molecule has 0 aliphatic carbocycles. The predicted octanol–water partition coefficient (Wildman–Crippen LogP) is 1.01. The van der Waals surface area contributed by atoms with Gasteiger partial charge in [-0.3, -0.25) is 9.48 Å². The Morgan fingerprint density at radius 1 is 1.25 bits per heavy atom. The van der Waals surface area contributed by atoms with Crippen LogP contribution in [0.15, 0.2) is 55.1 Å². The van der Waals surface area contributed by atoms with E-state index in [9.17, 15) is 4.79 Å². The largest absolute Gasteiger partial charge is 0.339 e. The minimum atomic E-state index is -0.571. The fourth-order valence-corrected chi connectivity index (χ4v) is 2.58. The molecule has 2 heterocycles. The highest BCUT2D eigenvalue weighted by Gasteiger charge is 2.27. The molecule has 0 spiro atoms. The van der Waals surface area contributed by atoms with E-state index < -0.39 is 6.04 Å². The van der Waals surface area contributed by atoms with Crippen molar-refractivity contribution in [2.45, 2.75) is 19.5 Å². The summed E-state index contributed by atoms with van der Waals surface area (Å²) in [7, 11) is 0. The van der Waals surface area contributed by atoms with Crippen molar-refractivity contribution in [2.24, 2.45) is 0 Å². The molecule has 1 amide bonds. The zero-order valence-electron chi connectivity index (χ0n) is 13.4. The number of rotatable bonds is 7. The van der Waals surface area contributed by atoms with Gasteiger partial charge in [-0.25, -0.2) is 4.68 Å². The predicted molar refractivity (Wildman–Crippen MR) is 86.9 cm³/mol. The van der Waals surface area contributed by atoms with Gasteiger partial charge < -0.3 is 4.90 Å². The molecule has 2 aromatic heterocycles. The normalized spacial score (nSPS) is 12.0. The molecule has 8 nitrogen and oxygen atoms in total. The highest BCUT2D eigenvalue weighted by Crippen LogP contribution is 2.19. The average Bonchev–Trinajstić information content (AvgIpc) is 3.30. The van der Waals surface area contributed by atoms with E-state index >= 15 is 0 Å². The molecule has 0 N–H and O–H groups in total. The Balaban J connectivity index is 1.81. The molecule has 0 radical (unpaired) electrons. The van der Waals surface area contributed by atoms with Gasteiger partial charge in [0.05, 0.1) is 6.54 Å². The maximum atomic E-state index is 13.1. The van der Waals surface area contributed by atoms with Crippen molar-refractivity contribution in [3.8, 4) is 0 Å². The molecule has 8 heteroatoms. The number of carbonyl (C=O) groups excluding carboxylic acids is 1. The topological polar surface area (TPSA) is 81.7 Å². The zero-order valence-corrected chi connectivity index (χ0v) is 13.4. The second-order valence-electron chi connectivity index (χ2n) is 5.29. The van der Waals surface area contributed by atoms with Crippen molar-refractivity contribution in [1.82, 2.24) is 34.9 Å². The highest BCUT2D eigenvalue weighted by atomic mass is 16.2. The Labute approximate surface area is 139 Å². The quantitative estimate of drug-likeness (QED) is 0.647. The van der Waals surface area contributed by atoms with Gasteiger partial charge in [-0.15, -0.1) is 5.10 Å². The number of benzene rings is 1. The molecule has 1 atom stereocenters. The second kappa shape index (κ2) is 7.49. The first-order valence-electron chi connectivity index (χ1n) is 7.83. The van der Waals surface area contributed by atoms with Crippen LogP contribution >= 0.6 is 0 Å². The summed E-state index contributed by atoms with van der Waals surface area (Å²) in [5.74, 6) is -0.0387. The van der Waals surface area contributed by atoms with E-state index in [1.807, 2.05) is 54.2 Å². The van der Waals surface area contributed by atoms with Crippen LogP contribution in [0, 0.1) is 0 Å². The van der Waals surface area contributed by atoms with Gasteiger partial charge in [-0.1, -0.05) is 30.3 Å². The summed E-state index contributed by atoms with van der Waals surface area (Å²) in [6.45, 7) is 3.78. The number of hydrogen-bond donors (Lipinski definition) is 0. The van der Waals surface area contributed by atoms with Crippen molar-refractivity contribution in [1.29, 1.82) is 0 Å². The number of tetrazole rings is 1. The zero-order chi connectivity index (χ0) is 16.8. The summed E-state index contributed by atoms with van der Waals surface area (Å²) in [5.41, 5.74) is 0.854. The molecule has 124 valence electrons. The van der Waals surface area contributed by atoms with Crippen LogP contribution in [0.25, 0.3) is 0 Å². The number of hydrogen-bond acceptors (Lipinski definition) is 5. The minimum Gasteiger partial charge on any atom is -0.339 e. The lowest BCUT2D eigenvalue weighted by Crippen LogP contribution is -2.39. The Kier molecular flexibility index (Phi) is 4.95. The maximum absolute atomic E-state index is 13.1. The monoisotopic (exact) mass is 325 g/mol. The van der Waals surface area contributed by atoms with Gasteiger partial charge in [0.1, 0.15) is 6.33 Å². The van der Waals surface area contributed by atoms with Crippen molar-refractivity contribution in [3.63, 3.8) is 0 Å². The van der Waals surface area contributed by atoms with E-state index in [-0.39, 0.29) is 5.91 Å². The molecule has 24 heavy (non-hydrogen) atoms. The SMILES string of the molecule is CCN(CCn1cccn1)C(=O)[C@H](c1ccccc1)n1cnnn1. The minimum absolute atomic E-state index is 0.0387. The van der Waals surface area contributed by atoms with E-state index in [1.54, 1.807) is 11.1 Å². The number of likely N-dealkylation sites (N-methyl/N-ethyl adjacent to an activating group) is 1. The Morgan fingerprint density at radius 2 is 2.08 bits per heavy atom. The first kappa shape index (κ1) is 15.9. The third-order valence-electron chi connectivity index (χ3n) is 3.83. The summed E-state index contributed by atoms with van der Waals surface area (Å²) in [6.07, 6.45) is 5.08. The van der Waals surface area contributed by atoms with Crippen LogP contribution in [0.5, 0.6) is 0 Å². The Morgan fingerprint density at radius 3 is 2.71 bits per heavy atom. The van der Waals surface area contributed by atoms with Crippen LogP contribution in [0.2, 0.25) is 0 Å². The lowest BCUT2D eigenvalue weighted by Gasteiger charge is -2.26. The molecule has 0 saturated heterocycles. The fourth-order valence-electron chi connectivity index (χ4n) is 2.58. The average molecular weight is 325 g/mol. The van der Waals surface area contributed by atoms with Crippen LogP contribution < -0.4 is 0 Å². The molecule has 3 aromatic rings. The van der Waals surface area contributed by atoms with Gasteiger partial charge in [0.15, 0.2) is 6.04 Å². The van der Waals surface area contributed by atoms with E-state index in [0.717, 1.165) is 5.56 Å². The van der Waals surface area contributed by atoms with E-state index in [0.29, 0.717) is 19.6 Å².